The standard InChI is InChI=1S/C16H23N3O/c1-2-7-18-11-13-5-6-16(14(9-13)10-17)19-8-3-4-15(19)12-20/h5-6,9,15,18,20H,2-4,7-8,11-12H2,1H3. The smallest absolute Gasteiger partial charge is 0.101 e. The van der Waals surface area contributed by atoms with Crippen LogP contribution < -0.4 is 10.2 Å². The molecule has 1 aromatic carbocycles. The van der Waals surface area contributed by atoms with Crippen LogP contribution in [-0.2, 0) is 6.54 Å². The fourth-order valence-corrected chi connectivity index (χ4v) is 2.79. The second-order valence-electron chi connectivity index (χ2n) is 5.31. The van der Waals surface area contributed by atoms with Crippen molar-refractivity contribution in [3.05, 3.63) is 29.3 Å². The first-order valence-corrected chi connectivity index (χ1v) is 7.41. The molecule has 0 saturated carbocycles. The minimum Gasteiger partial charge on any atom is -0.394 e. The quantitative estimate of drug-likeness (QED) is 0.779. The van der Waals surface area contributed by atoms with Gasteiger partial charge in [-0.1, -0.05) is 13.0 Å². The number of anilines is 1. The Bertz CT molecular complexity index is 481. The van der Waals surface area contributed by atoms with E-state index in [0.29, 0.717) is 5.56 Å². The molecule has 0 radical (unpaired) electrons. The highest BCUT2D eigenvalue weighted by molar-refractivity contribution is 5.61. The number of hydrogen-bond acceptors (Lipinski definition) is 4. The Labute approximate surface area is 121 Å². The molecule has 0 spiro atoms. The zero-order valence-corrected chi connectivity index (χ0v) is 12.1. The third kappa shape index (κ3) is 3.30. The Balaban J connectivity index is 2.16. The third-order valence-electron chi connectivity index (χ3n) is 3.83. The lowest BCUT2D eigenvalue weighted by molar-refractivity contribution is 0.266. The number of benzene rings is 1. The molecule has 108 valence electrons. The van der Waals surface area contributed by atoms with Gasteiger partial charge >= 0.3 is 0 Å². The zero-order valence-electron chi connectivity index (χ0n) is 12.1. The van der Waals surface area contributed by atoms with E-state index in [1.54, 1.807) is 0 Å². The average molecular weight is 273 g/mol. The van der Waals surface area contributed by atoms with Crippen molar-refractivity contribution in [1.29, 1.82) is 5.26 Å². The number of hydrogen-bond donors (Lipinski definition) is 2. The Morgan fingerprint density at radius 1 is 1.50 bits per heavy atom. The molecule has 1 aliphatic heterocycles. The summed E-state index contributed by atoms with van der Waals surface area (Å²) in [5, 5.41) is 22.1. The molecule has 1 fully saturated rings. The van der Waals surface area contributed by atoms with Gasteiger partial charge in [-0.05, 0) is 43.5 Å². The molecule has 2 N–H and O–H groups in total. The summed E-state index contributed by atoms with van der Waals surface area (Å²) in [5.74, 6) is 0. The van der Waals surface area contributed by atoms with E-state index in [1.807, 2.05) is 12.1 Å². The maximum atomic E-state index is 9.42. The van der Waals surface area contributed by atoms with Gasteiger partial charge < -0.3 is 15.3 Å². The third-order valence-corrected chi connectivity index (χ3v) is 3.83. The van der Waals surface area contributed by atoms with Gasteiger partial charge in [0.25, 0.3) is 0 Å². The van der Waals surface area contributed by atoms with E-state index in [-0.39, 0.29) is 12.6 Å². The maximum Gasteiger partial charge on any atom is 0.101 e. The molecule has 1 aliphatic rings. The number of nitrogens with zero attached hydrogens (tertiary/aromatic N) is 2. The molecule has 2 rings (SSSR count). The molecule has 0 aromatic heterocycles. The summed E-state index contributed by atoms with van der Waals surface area (Å²) < 4.78 is 0. The number of nitriles is 1. The molecule has 1 atom stereocenters. The van der Waals surface area contributed by atoms with Crippen molar-refractivity contribution in [3.63, 3.8) is 0 Å². The molecule has 4 nitrogen and oxygen atoms in total. The zero-order chi connectivity index (χ0) is 14.4. The molecule has 1 aromatic rings. The van der Waals surface area contributed by atoms with Gasteiger partial charge in [-0.25, -0.2) is 0 Å². The van der Waals surface area contributed by atoms with Crippen molar-refractivity contribution in [2.75, 3.05) is 24.6 Å². The molecular formula is C16H23N3O. The van der Waals surface area contributed by atoms with Crippen LogP contribution in [0.1, 0.15) is 37.3 Å². The monoisotopic (exact) mass is 273 g/mol. The summed E-state index contributed by atoms with van der Waals surface area (Å²) in [5.41, 5.74) is 2.81. The molecule has 4 heteroatoms. The number of rotatable bonds is 6. The van der Waals surface area contributed by atoms with Crippen molar-refractivity contribution in [2.45, 2.75) is 38.8 Å². The first kappa shape index (κ1) is 14.8. The summed E-state index contributed by atoms with van der Waals surface area (Å²) in [6, 6.07) is 8.52. The predicted molar refractivity (Wildman–Crippen MR) is 80.6 cm³/mol. The Kier molecular flexibility index (Phi) is 5.40. The van der Waals surface area contributed by atoms with E-state index in [9.17, 15) is 10.4 Å². The largest absolute Gasteiger partial charge is 0.394 e. The Morgan fingerprint density at radius 2 is 2.35 bits per heavy atom. The van der Waals surface area contributed by atoms with E-state index >= 15 is 0 Å². The lowest BCUT2D eigenvalue weighted by Crippen LogP contribution is -2.32. The van der Waals surface area contributed by atoms with Gasteiger partial charge in [0, 0.05) is 13.1 Å². The van der Waals surface area contributed by atoms with Crippen LogP contribution in [-0.4, -0.2) is 30.8 Å². The van der Waals surface area contributed by atoms with Crippen LogP contribution in [0.4, 0.5) is 5.69 Å². The van der Waals surface area contributed by atoms with Crippen LogP contribution in [0.5, 0.6) is 0 Å². The SMILES string of the molecule is CCCNCc1ccc(N2CCCC2CO)c(C#N)c1. The van der Waals surface area contributed by atoms with Crippen LogP contribution in [0.25, 0.3) is 0 Å². The molecule has 20 heavy (non-hydrogen) atoms. The van der Waals surface area contributed by atoms with Gasteiger partial charge in [-0.2, -0.15) is 5.26 Å². The fraction of sp³-hybridized carbons (Fsp3) is 0.562. The summed E-state index contributed by atoms with van der Waals surface area (Å²) in [4.78, 5) is 2.17. The number of aliphatic hydroxyl groups excluding tert-OH is 1. The normalized spacial score (nSPS) is 18.2. The van der Waals surface area contributed by atoms with E-state index in [2.05, 4.69) is 29.3 Å². The summed E-state index contributed by atoms with van der Waals surface area (Å²) in [7, 11) is 0. The van der Waals surface area contributed by atoms with Crippen molar-refractivity contribution in [2.24, 2.45) is 0 Å². The van der Waals surface area contributed by atoms with Crippen molar-refractivity contribution in [3.8, 4) is 6.07 Å². The minimum absolute atomic E-state index is 0.157. The van der Waals surface area contributed by atoms with Crippen molar-refractivity contribution in [1.82, 2.24) is 5.32 Å². The Hall–Kier alpha value is -1.57. The summed E-state index contributed by atoms with van der Waals surface area (Å²) >= 11 is 0. The minimum atomic E-state index is 0.157. The molecule has 1 unspecified atom stereocenters. The van der Waals surface area contributed by atoms with Crippen LogP contribution in [0.3, 0.4) is 0 Å². The molecular weight excluding hydrogens is 250 g/mol. The van der Waals surface area contributed by atoms with E-state index in [4.69, 9.17) is 0 Å². The first-order chi connectivity index (χ1) is 9.80. The van der Waals surface area contributed by atoms with Crippen molar-refractivity contribution >= 4 is 5.69 Å². The van der Waals surface area contributed by atoms with Gasteiger partial charge in [0.05, 0.1) is 23.9 Å². The fourth-order valence-electron chi connectivity index (χ4n) is 2.79. The van der Waals surface area contributed by atoms with E-state index in [0.717, 1.165) is 50.1 Å². The van der Waals surface area contributed by atoms with Gasteiger partial charge in [-0.15, -0.1) is 0 Å². The highest BCUT2D eigenvalue weighted by Gasteiger charge is 2.25. The van der Waals surface area contributed by atoms with Crippen LogP contribution in [0.15, 0.2) is 18.2 Å². The highest BCUT2D eigenvalue weighted by atomic mass is 16.3. The molecule has 0 amide bonds. The predicted octanol–water partition coefficient (Wildman–Crippen LogP) is 2.02. The molecule has 1 saturated heterocycles. The lowest BCUT2D eigenvalue weighted by Gasteiger charge is -2.26. The van der Waals surface area contributed by atoms with Gasteiger partial charge in [0.1, 0.15) is 6.07 Å². The van der Waals surface area contributed by atoms with Gasteiger partial charge in [0.15, 0.2) is 0 Å². The Morgan fingerprint density at radius 3 is 3.05 bits per heavy atom. The van der Waals surface area contributed by atoms with Gasteiger partial charge in [-0.3, -0.25) is 0 Å². The van der Waals surface area contributed by atoms with Crippen LogP contribution in [0, 0.1) is 11.3 Å². The maximum absolute atomic E-state index is 9.42. The number of aliphatic hydroxyl groups is 1. The first-order valence-electron chi connectivity index (χ1n) is 7.41. The van der Waals surface area contributed by atoms with E-state index in [1.165, 1.54) is 0 Å². The van der Waals surface area contributed by atoms with Crippen LogP contribution in [0.2, 0.25) is 0 Å². The van der Waals surface area contributed by atoms with Crippen molar-refractivity contribution < 1.29 is 5.11 Å². The molecule has 1 heterocycles. The summed E-state index contributed by atoms with van der Waals surface area (Å²) in [6.07, 6.45) is 3.19. The molecule has 0 aliphatic carbocycles. The number of nitrogens with one attached hydrogen (secondary N) is 1. The summed E-state index contributed by atoms with van der Waals surface area (Å²) in [6.45, 7) is 5.01. The van der Waals surface area contributed by atoms with Crippen LogP contribution >= 0.6 is 0 Å². The second-order valence-corrected chi connectivity index (χ2v) is 5.31. The van der Waals surface area contributed by atoms with Gasteiger partial charge in [0.2, 0.25) is 0 Å². The second kappa shape index (κ2) is 7.28. The lowest BCUT2D eigenvalue weighted by atomic mass is 10.1. The average Bonchev–Trinajstić information content (AvgIpc) is 2.95. The topological polar surface area (TPSA) is 59.3 Å². The highest BCUT2D eigenvalue weighted by Crippen LogP contribution is 2.29. The van der Waals surface area contributed by atoms with E-state index < -0.39 is 0 Å². The molecule has 0 bridgehead atoms.